The van der Waals surface area contributed by atoms with Gasteiger partial charge >= 0.3 is 0 Å². The van der Waals surface area contributed by atoms with Crippen LogP contribution in [0.4, 0.5) is 5.69 Å². The summed E-state index contributed by atoms with van der Waals surface area (Å²) in [6.07, 6.45) is 0. The highest BCUT2D eigenvalue weighted by Gasteiger charge is 2.14. The van der Waals surface area contributed by atoms with Crippen molar-refractivity contribution in [3.05, 3.63) is 81.4 Å². The van der Waals surface area contributed by atoms with E-state index in [1.54, 1.807) is 0 Å². The van der Waals surface area contributed by atoms with E-state index in [1.165, 1.54) is 12.1 Å². The van der Waals surface area contributed by atoms with E-state index >= 15 is 0 Å². The Labute approximate surface area is 154 Å². The Morgan fingerprint density at radius 3 is 2.58 bits per heavy atom. The quantitative estimate of drug-likeness (QED) is 0.400. The van der Waals surface area contributed by atoms with Gasteiger partial charge in [0.1, 0.15) is 12.4 Å². The molecule has 0 aliphatic heterocycles. The van der Waals surface area contributed by atoms with E-state index in [0.29, 0.717) is 5.75 Å². The van der Waals surface area contributed by atoms with Crippen LogP contribution in [0.5, 0.6) is 5.75 Å². The third kappa shape index (κ3) is 4.10. The van der Waals surface area contributed by atoms with Crippen molar-refractivity contribution in [1.82, 2.24) is 5.32 Å². The number of hydrogen-bond donors (Lipinski definition) is 1. The van der Waals surface area contributed by atoms with Gasteiger partial charge in [-0.15, -0.1) is 0 Å². The molecule has 26 heavy (non-hydrogen) atoms. The second-order valence-corrected chi connectivity index (χ2v) is 5.94. The van der Waals surface area contributed by atoms with E-state index < -0.39 is 10.8 Å². The summed E-state index contributed by atoms with van der Waals surface area (Å²) in [5.41, 5.74) is 0.0224. The molecular weight excluding hydrogens is 356 g/mol. The Morgan fingerprint density at radius 2 is 1.85 bits per heavy atom. The summed E-state index contributed by atoms with van der Waals surface area (Å²) >= 11 is 5.94. The van der Waals surface area contributed by atoms with Gasteiger partial charge in [-0.25, -0.2) is 0 Å². The molecular formula is C19H15ClN2O4. The maximum atomic E-state index is 12.1. The molecule has 0 heterocycles. The van der Waals surface area contributed by atoms with Crippen molar-refractivity contribution >= 4 is 34.0 Å². The van der Waals surface area contributed by atoms with E-state index in [4.69, 9.17) is 16.3 Å². The lowest BCUT2D eigenvalue weighted by Gasteiger charge is -2.09. The number of nitrogens with zero attached hydrogens (tertiary/aromatic N) is 1. The predicted molar refractivity (Wildman–Crippen MR) is 99.9 cm³/mol. The van der Waals surface area contributed by atoms with Crippen LogP contribution in [0.25, 0.3) is 10.8 Å². The summed E-state index contributed by atoms with van der Waals surface area (Å²) in [7, 11) is 0. The van der Waals surface area contributed by atoms with Crippen LogP contribution in [0.2, 0.25) is 5.02 Å². The summed E-state index contributed by atoms with van der Waals surface area (Å²) in [5, 5.41) is 15.6. The second kappa shape index (κ2) is 7.84. The molecule has 3 rings (SSSR count). The molecule has 0 aromatic heterocycles. The Hall–Kier alpha value is -3.12. The van der Waals surface area contributed by atoms with Crippen LogP contribution < -0.4 is 10.1 Å². The highest BCUT2D eigenvalue weighted by Crippen LogP contribution is 2.22. The molecule has 0 saturated carbocycles. The maximum absolute atomic E-state index is 12.1. The van der Waals surface area contributed by atoms with Gasteiger partial charge in [-0.3, -0.25) is 14.9 Å². The van der Waals surface area contributed by atoms with Crippen LogP contribution >= 0.6 is 11.6 Å². The fourth-order valence-electron chi connectivity index (χ4n) is 2.49. The van der Waals surface area contributed by atoms with Crippen molar-refractivity contribution < 1.29 is 14.5 Å². The lowest BCUT2D eigenvalue weighted by atomic mass is 10.1. The van der Waals surface area contributed by atoms with Crippen molar-refractivity contribution in [2.75, 3.05) is 13.2 Å². The van der Waals surface area contributed by atoms with Gasteiger partial charge in [-0.05, 0) is 29.0 Å². The number of rotatable bonds is 6. The minimum Gasteiger partial charge on any atom is -0.492 e. The number of nitro benzene ring substituents is 1. The summed E-state index contributed by atoms with van der Waals surface area (Å²) < 4.78 is 5.64. The molecule has 0 saturated heterocycles. The molecule has 0 fully saturated rings. The first kappa shape index (κ1) is 17.7. The zero-order valence-corrected chi connectivity index (χ0v) is 14.4. The highest BCUT2D eigenvalue weighted by molar-refractivity contribution is 6.34. The number of nitrogens with one attached hydrogen (secondary N) is 1. The minimum absolute atomic E-state index is 0.0344. The fraction of sp³-hybridized carbons (Fsp3) is 0.105. The molecule has 7 heteroatoms. The van der Waals surface area contributed by atoms with Crippen LogP contribution in [-0.2, 0) is 0 Å². The highest BCUT2D eigenvalue weighted by atomic mass is 35.5. The van der Waals surface area contributed by atoms with E-state index in [-0.39, 0.29) is 29.4 Å². The molecule has 0 aliphatic rings. The first-order chi connectivity index (χ1) is 12.5. The van der Waals surface area contributed by atoms with Gasteiger partial charge in [0.05, 0.1) is 22.1 Å². The largest absolute Gasteiger partial charge is 0.492 e. The maximum Gasteiger partial charge on any atom is 0.270 e. The van der Waals surface area contributed by atoms with Crippen molar-refractivity contribution in [3.8, 4) is 5.75 Å². The Morgan fingerprint density at radius 1 is 1.08 bits per heavy atom. The van der Waals surface area contributed by atoms with E-state index in [9.17, 15) is 14.9 Å². The van der Waals surface area contributed by atoms with Crippen molar-refractivity contribution in [2.45, 2.75) is 0 Å². The SMILES string of the molecule is O=C(NCCOc1ccc2ccccc2c1)c1ccc([N+](=O)[O-])cc1Cl. The lowest BCUT2D eigenvalue weighted by Crippen LogP contribution is -2.28. The number of ether oxygens (including phenoxy) is 1. The van der Waals surface area contributed by atoms with Gasteiger partial charge in [-0.2, -0.15) is 0 Å². The van der Waals surface area contributed by atoms with Crippen molar-refractivity contribution in [2.24, 2.45) is 0 Å². The molecule has 1 N–H and O–H groups in total. The van der Waals surface area contributed by atoms with Crippen LogP contribution in [-0.4, -0.2) is 24.0 Å². The number of carbonyl (C=O) groups is 1. The molecule has 132 valence electrons. The minimum atomic E-state index is -0.565. The average Bonchev–Trinajstić information content (AvgIpc) is 2.64. The summed E-state index contributed by atoms with van der Waals surface area (Å²) in [6.45, 7) is 0.563. The molecule has 6 nitrogen and oxygen atoms in total. The average molecular weight is 371 g/mol. The summed E-state index contributed by atoms with van der Waals surface area (Å²) in [5.74, 6) is 0.304. The van der Waals surface area contributed by atoms with Crippen molar-refractivity contribution in [3.63, 3.8) is 0 Å². The molecule has 3 aromatic carbocycles. The number of carbonyl (C=O) groups excluding carboxylic acids is 1. The Balaban J connectivity index is 1.54. The number of amides is 1. The zero-order valence-electron chi connectivity index (χ0n) is 13.6. The number of hydrogen-bond acceptors (Lipinski definition) is 4. The van der Waals surface area contributed by atoms with Crippen LogP contribution in [0, 0.1) is 10.1 Å². The normalized spacial score (nSPS) is 10.5. The van der Waals surface area contributed by atoms with Gasteiger partial charge in [0.25, 0.3) is 11.6 Å². The van der Waals surface area contributed by atoms with Crippen LogP contribution in [0.3, 0.4) is 0 Å². The first-order valence-electron chi connectivity index (χ1n) is 7.88. The molecule has 0 unspecified atom stereocenters. The third-order valence-corrected chi connectivity index (χ3v) is 4.10. The van der Waals surface area contributed by atoms with Crippen molar-refractivity contribution in [1.29, 1.82) is 0 Å². The monoisotopic (exact) mass is 370 g/mol. The van der Waals surface area contributed by atoms with Gasteiger partial charge in [0.15, 0.2) is 0 Å². The zero-order chi connectivity index (χ0) is 18.5. The topological polar surface area (TPSA) is 81.5 Å². The lowest BCUT2D eigenvalue weighted by molar-refractivity contribution is -0.384. The molecule has 0 bridgehead atoms. The van der Waals surface area contributed by atoms with Gasteiger partial charge in [0, 0.05) is 12.1 Å². The number of halogens is 1. The third-order valence-electron chi connectivity index (χ3n) is 3.79. The molecule has 0 atom stereocenters. The van der Waals surface area contributed by atoms with Crippen LogP contribution in [0.1, 0.15) is 10.4 Å². The molecule has 0 spiro atoms. The number of fused-ring (bicyclic) bond motifs is 1. The predicted octanol–water partition coefficient (Wildman–Crippen LogP) is 4.21. The molecule has 1 amide bonds. The van der Waals surface area contributed by atoms with Gasteiger partial charge in [0.2, 0.25) is 0 Å². The first-order valence-corrected chi connectivity index (χ1v) is 8.26. The van der Waals surface area contributed by atoms with E-state index in [0.717, 1.165) is 16.8 Å². The van der Waals surface area contributed by atoms with Crippen LogP contribution in [0.15, 0.2) is 60.7 Å². The number of non-ortho nitro benzene ring substituents is 1. The summed E-state index contributed by atoms with van der Waals surface area (Å²) in [4.78, 5) is 22.2. The molecule has 0 aliphatic carbocycles. The van der Waals surface area contributed by atoms with E-state index in [2.05, 4.69) is 5.32 Å². The fourth-order valence-corrected chi connectivity index (χ4v) is 2.75. The smallest absolute Gasteiger partial charge is 0.270 e. The van der Waals surface area contributed by atoms with Gasteiger partial charge in [-0.1, -0.05) is 41.9 Å². The summed E-state index contributed by atoms with van der Waals surface area (Å²) in [6, 6.07) is 17.5. The second-order valence-electron chi connectivity index (χ2n) is 5.53. The standard InChI is InChI=1S/C19H15ClN2O4/c20-18-12-15(22(24)25)6-8-17(18)19(23)21-9-10-26-16-7-5-13-3-1-2-4-14(13)11-16/h1-8,11-12H,9-10H2,(H,21,23). The van der Waals surface area contributed by atoms with E-state index in [1.807, 2.05) is 42.5 Å². The number of benzene rings is 3. The Bertz CT molecular complexity index is 975. The molecule has 3 aromatic rings. The Kier molecular flexibility index (Phi) is 5.34. The number of nitro groups is 1. The molecule has 0 radical (unpaired) electrons. The van der Waals surface area contributed by atoms with Gasteiger partial charge < -0.3 is 10.1 Å².